The quantitative estimate of drug-likeness (QED) is 0.250. The lowest BCUT2D eigenvalue weighted by molar-refractivity contribution is -0.384. The topological polar surface area (TPSA) is 131 Å². The van der Waals surface area contributed by atoms with Gasteiger partial charge in [0.05, 0.1) is 22.3 Å². The molecule has 0 aliphatic carbocycles. The molecule has 0 atom stereocenters. The third-order valence-corrected chi connectivity index (χ3v) is 4.96. The first-order chi connectivity index (χ1) is 14.9. The highest BCUT2D eigenvalue weighted by atomic mass is 32.2. The van der Waals surface area contributed by atoms with Crippen molar-refractivity contribution in [2.24, 2.45) is 0 Å². The van der Waals surface area contributed by atoms with Crippen LogP contribution in [0.4, 0.5) is 11.4 Å². The Morgan fingerprint density at radius 1 is 1.23 bits per heavy atom. The number of aromatic nitrogens is 2. The molecule has 0 unspecified atom stereocenters. The molecule has 1 amide bonds. The summed E-state index contributed by atoms with van der Waals surface area (Å²) in [7, 11) is 0. The zero-order valence-corrected chi connectivity index (χ0v) is 17.5. The van der Waals surface area contributed by atoms with Crippen molar-refractivity contribution in [3.8, 4) is 17.7 Å². The van der Waals surface area contributed by atoms with Gasteiger partial charge in [0.1, 0.15) is 5.75 Å². The van der Waals surface area contributed by atoms with Crippen molar-refractivity contribution in [1.29, 1.82) is 5.26 Å². The molecule has 1 N–H and O–H groups in total. The zero-order chi connectivity index (χ0) is 22.4. The van der Waals surface area contributed by atoms with Gasteiger partial charge in [-0.3, -0.25) is 14.9 Å². The molecule has 0 radical (unpaired) electrons. The minimum atomic E-state index is -0.505. The van der Waals surface area contributed by atoms with E-state index in [0.717, 1.165) is 22.9 Å². The molecular weight excluding hydrogens is 418 g/mol. The standard InChI is InChI=1S/C21H17N5O4S/c1-13-9-15(11-22)10-14(2)20(13)30-19-7-8-23-21(25-19)31-12-18(27)24-16-3-5-17(6-4-16)26(28)29/h3-10H,12H2,1-2H3,(H,24,27). The van der Waals surface area contributed by atoms with E-state index in [9.17, 15) is 14.9 Å². The third kappa shape index (κ3) is 5.77. The molecule has 0 bridgehead atoms. The molecule has 0 fully saturated rings. The third-order valence-electron chi connectivity index (χ3n) is 4.10. The van der Waals surface area contributed by atoms with E-state index in [2.05, 4.69) is 21.4 Å². The molecule has 1 heterocycles. The SMILES string of the molecule is Cc1cc(C#N)cc(C)c1Oc1ccnc(SCC(=O)Nc2ccc([N+](=O)[O-])cc2)n1. The number of nitriles is 1. The van der Waals surface area contributed by atoms with E-state index in [4.69, 9.17) is 10.00 Å². The summed E-state index contributed by atoms with van der Waals surface area (Å²) in [6.45, 7) is 3.70. The molecule has 0 saturated carbocycles. The molecule has 9 nitrogen and oxygen atoms in total. The second-order valence-electron chi connectivity index (χ2n) is 6.47. The number of rotatable bonds is 7. The molecule has 156 valence electrons. The fraction of sp³-hybridized carbons (Fsp3) is 0.143. The molecule has 1 aromatic heterocycles. The number of carbonyl (C=O) groups excluding carboxylic acids is 1. The Kier molecular flexibility index (Phi) is 6.79. The van der Waals surface area contributed by atoms with Crippen molar-refractivity contribution in [1.82, 2.24) is 9.97 Å². The van der Waals surface area contributed by atoms with E-state index in [1.54, 1.807) is 18.2 Å². The second kappa shape index (κ2) is 9.69. The van der Waals surface area contributed by atoms with Crippen LogP contribution in [0.2, 0.25) is 0 Å². The largest absolute Gasteiger partial charge is 0.438 e. The maximum atomic E-state index is 12.2. The van der Waals surface area contributed by atoms with Crippen molar-refractivity contribution in [3.05, 3.63) is 75.5 Å². The highest BCUT2D eigenvalue weighted by Crippen LogP contribution is 2.29. The first-order valence-corrected chi connectivity index (χ1v) is 10.0. The van der Waals surface area contributed by atoms with Crippen LogP contribution in [0.3, 0.4) is 0 Å². The Bertz CT molecular complexity index is 1150. The smallest absolute Gasteiger partial charge is 0.269 e. The number of nitrogens with one attached hydrogen (secondary N) is 1. The van der Waals surface area contributed by atoms with E-state index < -0.39 is 4.92 Å². The molecule has 0 saturated heterocycles. The Morgan fingerprint density at radius 3 is 2.52 bits per heavy atom. The van der Waals surface area contributed by atoms with Gasteiger partial charge in [-0.05, 0) is 49.2 Å². The number of nitrogens with zero attached hydrogens (tertiary/aromatic N) is 4. The Morgan fingerprint density at radius 2 is 1.90 bits per heavy atom. The number of ether oxygens (including phenoxy) is 1. The van der Waals surface area contributed by atoms with Crippen molar-refractivity contribution in [2.45, 2.75) is 19.0 Å². The normalized spacial score (nSPS) is 10.2. The van der Waals surface area contributed by atoms with Gasteiger partial charge in [0.2, 0.25) is 11.8 Å². The Labute approximate surface area is 182 Å². The fourth-order valence-corrected chi connectivity index (χ4v) is 3.35. The maximum absolute atomic E-state index is 12.2. The van der Waals surface area contributed by atoms with Crippen molar-refractivity contribution < 1.29 is 14.5 Å². The highest BCUT2D eigenvalue weighted by molar-refractivity contribution is 7.99. The molecule has 0 spiro atoms. The summed E-state index contributed by atoms with van der Waals surface area (Å²) >= 11 is 1.13. The van der Waals surface area contributed by atoms with Crippen LogP contribution in [0.25, 0.3) is 0 Å². The van der Waals surface area contributed by atoms with E-state index in [1.807, 2.05) is 13.8 Å². The number of hydrogen-bond acceptors (Lipinski definition) is 8. The number of non-ortho nitro benzene ring substituents is 1. The van der Waals surface area contributed by atoms with E-state index >= 15 is 0 Å². The van der Waals surface area contributed by atoms with Crippen LogP contribution in [0.5, 0.6) is 11.6 Å². The molecular formula is C21H17N5O4S. The Hall–Kier alpha value is -3.97. The monoisotopic (exact) mass is 435 g/mol. The minimum Gasteiger partial charge on any atom is -0.438 e. The average molecular weight is 435 g/mol. The average Bonchev–Trinajstić information content (AvgIpc) is 2.75. The molecule has 3 aromatic rings. The van der Waals surface area contributed by atoms with Gasteiger partial charge in [-0.15, -0.1) is 0 Å². The van der Waals surface area contributed by atoms with Gasteiger partial charge in [-0.2, -0.15) is 10.2 Å². The number of hydrogen-bond donors (Lipinski definition) is 1. The van der Waals surface area contributed by atoms with E-state index in [0.29, 0.717) is 28.0 Å². The number of amides is 1. The predicted octanol–water partition coefficient (Wildman–Crippen LogP) is 4.40. The lowest BCUT2D eigenvalue weighted by atomic mass is 10.1. The van der Waals surface area contributed by atoms with Crippen LogP contribution in [-0.2, 0) is 4.79 Å². The summed E-state index contributed by atoms with van der Waals surface area (Å²) in [5.74, 6) is 0.691. The Balaban J connectivity index is 1.61. The number of thioether (sulfide) groups is 1. The van der Waals surface area contributed by atoms with Gasteiger partial charge in [0, 0.05) is 30.1 Å². The van der Waals surface area contributed by atoms with Gasteiger partial charge < -0.3 is 10.1 Å². The van der Waals surface area contributed by atoms with Gasteiger partial charge in [-0.1, -0.05) is 11.8 Å². The second-order valence-corrected chi connectivity index (χ2v) is 7.41. The summed E-state index contributed by atoms with van der Waals surface area (Å²) < 4.78 is 5.88. The molecule has 2 aromatic carbocycles. The van der Waals surface area contributed by atoms with E-state index in [1.165, 1.54) is 30.5 Å². The predicted molar refractivity (Wildman–Crippen MR) is 115 cm³/mol. The number of aryl methyl sites for hydroxylation is 2. The number of nitro benzene ring substituents is 1. The molecule has 31 heavy (non-hydrogen) atoms. The van der Waals surface area contributed by atoms with Crippen molar-refractivity contribution in [2.75, 3.05) is 11.1 Å². The first kappa shape index (κ1) is 21.7. The van der Waals surface area contributed by atoms with Gasteiger partial charge in [0.25, 0.3) is 5.69 Å². The van der Waals surface area contributed by atoms with Crippen LogP contribution < -0.4 is 10.1 Å². The van der Waals surface area contributed by atoms with Gasteiger partial charge >= 0.3 is 0 Å². The van der Waals surface area contributed by atoms with Crippen molar-refractivity contribution >= 4 is 29.0 Å². The van der Waals surface area contributed by atoms with Crippen LogP contribution in [0.1, 0.15) is 16.7 Å². The molecule has 3 rings (SSSR count). The minimum absolute atomic E-state index is 0.0506. The fourth-order valence-electron chi connectivity index (χ4n) is 2.73. The summed E-state index contributed by atoms with van der Waals surface area (Å²) in [6, 6.07) is 12.8. The summed E-state index contributed by atoms with van der Waals surface area (Å²) in [5, 5.41) is 22.8. The van der Waals surface area contributed by atoms with Crippen molar-refractivity contribution in [3.63, 3.8) is 0 Å². The molecule has 10 heteroatoms. The maximum Gasteiger partial charge on any atom is 0.269 e. The lowest BCUT2D eigenvalue weighted by Gasteiger charge is -2.12. The zero-order valence-electron chi connectivity index (χ0n) is 16.7. The van der Waals surface area contributed by atoms with Crippen LogP contribution in [0, 0.1) is 35.3 Å². The van der Waals surface area contributed by atoms with Gasteiger partial charge in [0.15, 0.2) is 5.16 Å². The summed E-state index contributed by atoms with van der Waals surface area (Å²) in [5.41, 5.74) is 2.59. The van der Waals surface area contributed by atoms with E-state index in [-0.39, 0.29) is 17.3 Å². The summed E-state index contributed by atoms with van der Waals surface area (Å²) in [4.78, 5) is 30.8. The van der Waals surface area contributed by atoms with Crippen LogP contribution in [0.15, 0.2) is 53.8 Å². The highest BCUT2D eigenvalue weighted by Gasteiger charge is 2.11. The first-order valence-electron chi connectivity index (χ1n) is 9.05. The molecule has 0 aliphatic rings. The van der Waals surface area contributed by atoms with Crippen LogP contribution in [-0.4, -0.2) is 26.6 Å². The van der Waals surface area contributed by atoms with Crippen LogP contribution >= 0.6 is 11.8 Å². The molecule has 0 aliphatic heterocycles. The van der Waals surface area contributed by atoms with Gasteiger partial charge in [-0.25, -0.2) is 4.98 Å². The lowest BCUT2D eigenvalue weighted by Crippen LogP contribution is -2.14. The number of carbonyl (C=O) groups is 1. The number of benzene rings is 2. The summed E-state index contributed by atoms with van der Waals surface area (Å²) in [6.07, 6.45) is 1.53. The number of anilines is 1. The number of nitro groups is 1.